The lowest BCUT2D eigenvalue weighted by Gasteiger charge is -2.08. The number of carbonyl (C=O) groups is 1. The van der Waals surface area contributed by atoms with Crippen LogP contribution in [0.25, 0.3) is 0 Å². The number of anilines is 1. The highest BCUT2D eigenvalue weighted by Crippen LogP contribution is 2.28. The number of nitrogens with zero attached hydrogens (tertiary/aromatic N) is 2. The summed E-state index contributed by atoms with van der Waals surface area (Å²) in [6.45, 7) is -0.307. The minimum atomic E-state index is -4.52. The molecule has 1 aromatic carbocycles. The van der Waals surface area contributed by atoms with E-state index in [1.165, 1.54) is 0 Å². The smallest absolute Gasteiger partial charge is 0.323 e. The number of carbonyl (C=O) groups excluding carboxylic acids is 1. The van der Waals surface area contributed by atoms with E-state index in [0.717, 1.165) is 21.4 Å². The molecular weight excluding hydrogens is 419 g/mol. The van der Waals surface area contributed by atoms with Crippen LogP contribution in [0.4, 0.5) is 18.9 Å². The molecule has 112 valence electrons. The predicted molar refractivity (Wildman–Crippen MR) is 77.7 cm³/mol. The number of halogens is 5. The van der Waals surface area contributed by atoms with Crippen molar-refractivity contribution in [2.24, 2.45) is 0 Å². The highest BCUT2D eigenvalue weighted by Gasteiger charge is 2.33. The average Bonchev–Trinajstić information content (AvgIpc) is 2.81. The minimum absolute atomic E-state index is 0.307. The Labute approximate surface area is 134 Å². The Morgan fingerprint density at radius 1 is 1.29 bits per heavy atom. The molecule has 0 bridgehead atoms. The number of rotatable bonds is 3. The number of alkyl halides is 3. The van der Waals surface area contributed by atoms with Crippen molar-refractivity contribution in [3.63, 3.8) is 0 Å². The maximum Gasteiger partial charge on any atom is 0.435 e. The fourth-order valence-electron chi connectivity index (χ4n) is 1.53. The van der Waals surface area contributed by atoms with E-state index in [0.29, 0.717) is 10.2 Å². The maximum atomic E-state index is 12.4. The zero-order chi connectivity index (χ0) is 15.6. The van der Waals surface area contributed by atoms with Gasteiger partial charge < -0.3 is 5.32 Å². The third-order valence-corrected chi connectivity index (χ3v) is 3.59. The van der Waals surface area contributed by atoms with E-state index in [9.17, 15) is 18.0 Å². The Morgan fingerprint density at radius 2 is 2.00 bits per heavy atom. The van der Waals surface area contributed by atoms with E-state index in [-0.39, 0.29) is 6.54 Å². The van der Waals surface area contributed by atoms with Gasteiger partial charge >= 0.3 is 6.18 Å². The first kappa shape index (κ1) is 16.0. The van der Waals surface area contributed by atoms with Crippen molar-refractivity contribution >= 4 is 43.5 Å². The first-order valence-electron chi connectivity index (χ1n) is 5.61. The van der Waals surface area contributed by atoms with Gasteiger partial charge in [-0.3, -0.25) is 9.48 Å². The summed E-state index contributed by atoms with van der Waals surface area (Å²) in [5.74, 6) is -0.477. The first-order chi connectivity index (χ1) is 9.75. The monoisotopic (exact) mass is 425 g/mol. The zero-order valence-electron chi connectivity index (χ0n) is 10.3. The standard InChI is InChI=1S/C12H8Br2F3N3O/c13-7-1-2-9(8(14)5-7)18-11(21)6-20-4-3-10(19-20)12(15,16)17/h1-5H,6H2,(H,18,21). The molecule has 0 fully saturated rings. The number of aromatic nitrogens is 2. The fourth-order valence-corrected chi connectivity index (χ4v) is 2.67. The Balaban J connectivity index is 2.03. The SMILES string of the molecule is O=C(Cn1ccc(C(F)(F)F)n1)Nc1ccc(Br)cc1Br. The van der Waals surface area contributed by atoms with Gasteiger partial charge in [-0.1, -0.05) is 15.9 Å². The quantitative estimate of drug-likeness (QED) is 0.804. The van der Waals surface area contributed by atoms with Crippen LogP contribution >= 0.6 is 31.9 Å². The number of hydrogen-bond donors (Lipinski definition) is 1. The van der Waals surface area contributed by atoms with Crippen LogP contribution in [0.3, 0.4) is 0 Å². The average molecular weight is 427 g/mol. The molecule has 9 heteroatoms. The van der Waals surface area contributed by atoms with E-state index in [1.807, 2.05) is 0 Å². The number of amides is 1. The van der Waals surface area contributed by atoms with Gasteiger partial charge in [-0.15, -0.1) is 0 Å². The highest BCUT2D eigenvalue weighted by molar-refractivity contribution is 9.11. The van der Waals surface area contributed by atoms with Gasteiger partial charge in [0.15, 0.2) is 5.69 Å². The Morgan fingerprint density at radius 3 is 2.57 bits per heavy atom. The Bertz CT molecular complexity index is 670. The second-order valence-electron chi connectivity index (χ2n) is 4.07. The van der Waals surface area contributed by atoms with Crippen molar-refractivity contribution in [3.8, 4) is 0 Å². The van der Waals surface area contributed by atoms with E-state index >= 15 is 0 Å². The molecule has 0 unspecified atom stereocenters. The largest absolute Gasteiger partial charge is 0.435 e. The van der Waals surface area contributed by atoms with E-state index < -0.39 is 17.8 Å². The maximum absolute atomic E-state index is 12.4. The van der Waals surface area contributed by atoms with Crippen molar-refractivity contribution in [2.75, 3.05) is 5.32 Å². The van der Waals surface area contributed by atoms with Gasteiger partial charge in [0.2, 0.25) is 5.91 Å². The highest BCUT2D eigenvalue weighted by atomic mass is 79.9. The Hall–Kier alpha value is -1.35. The van der Waals surface area contributed by atoms with Gasteiger partial charge in [-0.05, 0) is 40.2 Å². The van der Waals surface area contributed by atoms with E-state index in [1.54, 1.807) is 18.2 Å². The van der Waals surface area contributed by atoms with Crippen LogP contribution in [-0.2, 0) is 17.5 Å². The lowest BCUT2D eigenvalue weighted by Crippen LogP contribution is -2.20. The second kappa shape index (κ2) is 6.18. The number of nitrogens with one attached hydrogen (secondary N) is 1. The van der Waals surface area contributed by atoms with Crippen LogP contribution in [0.5, 0.6) is 0 Å². The minimum Gasteiger partial charge on any atom is -0.323 e. The van der Waals surface area contributed by atoms with Gasteiger partial charge in [0.1, 0.15) is 6.54 Å². The van der Waals surface area contributed by atoms with Crippen molar-refractivity contribution in [1.29, 1.82) is 0 Å². The number of hydrogen-bond acceptors (Lipinski definition) is 2. The van der Waals surface area contributed by atoms with E-state index in [2.05, 4.69) is 42.3 Å². The molecule has 4 nitrogen and oxygen atoms in total. The van der Waals surface area contributed by atoms with Crippen molar-refractivity contribution < 1.29 is 18.0 Å². The zero-order valence-corrected chi connectivity index (χ0v) is 13.5. The topological polar surface area (TPSA) is 46.9 Å². The molecule has 0 spiro atoms. The summed E-state index contributed by atoms with van der Waals surface area (Å²) in [6.07, 6.45) is -3.41. The molecule has 0 aliphatic rings. The molecule has 1 amide bonds. The molecule has 1 aromatic heterocycles. The molecule has 0 aliphatic carbocycles. The van der Waals surface area contributed by atoms with Crippen LogP contribution in [0.15, 0.2) is 39.4 Å². The second-order valence-corrected chi connectivity index (χ2v) is 5.84. The summed E-state index contributed by atoms with van der Waals surface area (Å²) >= 11 is 6.55. The summed E-state index contributed by atoms with van der Waals surface area (Å²) in [4.78, 5) is 11.8. The van der Waals surface area contributed by atoms with Crippen LogP contribution in [0.2, 0.25) is 0 Å². The molecule has 21 heavy (non-hydrogen) atoms. The van der Waals surface area contributed by atoms with Gasteiger partial charge in [0.25, 0.3) is 0 Å². The van der Waals surface area contributed by atoms with Gasteiger partial charge in [0, 0.05) is 15.1 Å². The third-order valence-electron chi connectivity index (χ3n) is 2.44. The molecule has 0 saturated heterocycles. The van der Waals surface area contributed by atoms with Gasteiger partial charge in [-0.25, -0.2) is 0 Å². The van der Waals surface area contributed by atoms with Gasteiger partial charge in [-0.2, -0.15) is 18.3 Å². The van der Waals surface area contributed by atoms with Crippen LogP contribution in [0.1, 0.15) is 5.69 Å². The van der Waals surface area contributed by atoms with Crippen molar-refractivity contribution in [2.45, 2.75) is 12.7 Å². The molecule has 2 rings (SSSR count). The summed E-state index contributed by atoms with van der Waals surface area (Å²) in [6, 6.07) is 5.96. The summed E-state index contributed by atoms with van der Waals surface area (Å²) in [5, 5.41) is 5.90. The molecule has 0 saturated carbocycles. The molecule has 0 atom stereocenters. The van der Waals surface area contributed by atoms with Crippen molar-refractivity contribution in [3.05, 3.63) is 45.1 Å². The third kappa shape index (κ3) is 4.31. The molecule has 2 aromatic rings. The predicted octanol–water partition coefficient (Wildman–Crippen LogP) is 4.07. The molecular formula is C12H8Br2F3N3O. The number of benzene rings is 1. The Kier molecular flexibility index (Phi) is 4.72. The van der Waals surface area contributed by atoms with Gasteiger partial charge in [0.05, 0.1) is 5.69 Å². The summed E-state index contributed by atoms with van der Waals surface area (Å²) in [5.41, 5.74) is -0.508. The van der Waals surface area contributed by atoms with Crippen LogP contribution in [-0.4, -0.2) is 15.7 Å². The lowest BCUT2D eigenvalue weighted by atomic mass is 10.3. The lowest BCUT2D eigenvalue weighted by molar-refractivity contribution is -0.141. The summed E-state index contributed by atoms with van der Waals surface area (Å²) in [7, 11) is 0. The van der Waals surface area contributed by atoms with Crippen LogP contribution < -0.4 is 5.32 Å². The van der Waals surface area contributed by atoms with Crippen molar-refractivity contribution in [1.82, 2.24) is 9.78 Å². The van der Waals surface area contributed by atoms with Crippen LogP contribution in [0, 0.1) is 0 Å². The molecule has 0 aliphatic heterocycles. The summed E-state index contributed by atoms with van der Waals surface area (Å²) < 4.78 is 39.6. The molecule has 1 heterocycles. The normalized spacial score (nSPS) is 11.5. The van der Waals surface area contributed by atoms with E-state index in [4.69, 9.17) is 0 Å². The molecule has 0 radical (unpaired) electrons. The molecule has 1 N–H and O–H groups in total. The fraction of sp³-hybridized carbons (Fsp3) is 0.167. The first-order valence-corrected chi connectivity index (χ1v) is 7.20.